The van der Waals surface area contributed by atoms with Crippen LogP contribution in [0.2, 0.25) is 0 Å². The summed E-state index contributed by atoms with van der Waals surface area (Å²) >= 11 is 0. The summed E-state index contributed by atoms with van der Waals surface area (Å²) in [6.45, 7) is 4.75. The summed E-state index contributed by atoms with van der Waals surface area (Å²) in [4.78, 5) is 11.3. The van der Waals surface area contributed by atoms with Gasteiger partial charge in [0.05, 0.1) is 13.2 Å². The Balaban J connectivity index is 2.20. The van der Waals surface area contributed by atoms with Crippen molar-refractivity contribution in [2.24, 2.45) is 0 Å². The Morgan fingerprint density at radius 2 is 2.58 bits per heavy atom. The number of hydrogen-bond donors (Lipinski definition) is 2. The lowest BCUT2D eigenvalue weighted by atomic mass is 10.2. The van der Waals surface area contributed by atoms with Crippen LogP contribution in [0.25, 0.3) is 0 Å². The molecule has 0 bridgehead atoms. The largest absolute Gasteiger partial charge is 0.378 e. The molecule has 1 saturated heterocycles. The van der Waals surface area contributed by atoms with E-state index in [-0.39, 0.29) is 11.9 Å². The third kappa shape index (κ3) is 2.79. The van der Waals surface area contributed by atoms with Crippen LogP contribution in [-0.2, 0) is 9.53 Å². The van der Waals surface area contributed by atoms with Gasteiger partial charge in [-0.2, -0.15) is 0 Å². The quantitative estimate of drug-likeness (QED) is 0.603. The molecule has 4 heteroatoms. The van der Waals surface area contributed by atoms with E-state index < -0.39 is 0 Å². The number of carbonyl (C=O) groups is 1. The Bertz CT molecular complexity index is 144. The van der Waals surface area contributed by atoms with Crippen LogP contribution in [0.5, 0.6) is 0 Å². The van der Waals surface area contributed by atoms with Crippen molar-refractivity contribution < 1.29 is 9.53 Å². The van der Waals surface area contributed by atoms with Gasteiger partial charge in [0.15, 0.2) is 0 Å². The molecule has 12 heavy (non-hydrogen) atoms. The molecule has 1 amide bonds. The lowest BCUT2D eigenvalue weighted by molar-refractivity contribution is -0.125. The average molecular weight is 172 g/mol. The fraction of sp³-hybridized carbons (Fsp3) is 0.875. The zero-order valence-electron chi connectivity index (χ0n) is 7.43. The fourth-order valence-electron chi connectivity index (χ4n) is 1.11. The molecule has 0 spiro atoms. The van der Waals surface area contributed by atoms with Crippen molar-refractivity contribution in [1.29, 1.82) is 0 Å². The van der Waals surface area contributed by atoms with E-state index in [2.05, 4.69) is 10.6 Å². The number of carbonyl (C=O) groups excluding carboxylic acids is 1. The zero-order valence-corrected chi connectivity index (χ0v) is 7.43. The first-order chi connectivity index (χ1) is 5.84. The molecule has 2 N–H and O–H groups in total. The number of hydrogen-bond acceptors (Lipinski definition) is 3. The molecular weight excluding hydrogens is 156 g/mol. The van der Waals surface area contributed by atoms with Crippen LogP contribution in [0.3, 0.4) is 0 Å². The van der Waals surface area contributed by atoms with Gasteiger partial charge in [-0.05, 0) is 6.42 Å². The van der Waals surface area contributed by atoms with E-state index in [1.165, 1.54) is 0 Å². The number of amides is 1. The van der Waals surface area contributed by atoms with Crippen molar-refractivity contribution in [2.75, 3.05) is 26.3 Å². The SMILES string of the molecule is CCCNC(=O)C1COCCN1. The van der Waals surface area contributed by atoms with Crippen LogP contribution in [0.4, 0.5) is 0 Å². The maximum Gasteiger partial charge on any atom is 0.239 e. The standard InChI is InChI=1S/C8H16N2O2/c1-2-3-10-8(11)7-6-12-5-4-9-7/h7,9H,2-6H2,1H3,(H,10,11). The number of ether oxygens (including phenoxy) is 1. The molecule has 0 aromatic carbocycles. The third-order valence-corrected chi connectivity index (χ3v) is 1.79. The van der Waals surface area contributed by atoms with Crippen LogP contribution in [0.15, 0.2) is 0 Å². The second kappa shape index (κ2) is 5.11. The van der Waals surface area contributed by atoms with Crippen molar-refractivity contribution in [2.45, 2.75) is 19.4 Å². The second-order valence-corrected chi connectivity index (χ2v) is 2.87. The molecule has 1 aliphatic heterocycles. The number of nitrogens with one attached hydrogen (secondary N) is 2. The molecule has 1 unspecified atom stereocenters. The molecule has 1 heterocycles. The van der Waals surface area contributed by atoms with Gasteiger partial charge in [0.25, 0.3) is 0 Å². The van der Waals surface area contributed by atoms with Crippen molar-refractivity contribution >= 4 is 5.91 Å². The van der Waals surface area contributed by atoms with Gasteiger partial charge in [-0.15, -0.1) is 0 Å². The lowest BCUT2D eigenvalue weighted by Crippen LogP contribution is -2.51. The molecule has 0 aromatic rings. The summed E-state index contributed by atoms with van der Waals surface area (Å²) in [5, 5.41) is 5.91. The van der Waals surface area contributed by atoms with Gasteiger partial charge in [-0.1, -0.05) is 6.92 Å². The molecule has 1 aliphatic rings. The van der Waals surface area contributed by atoms with Crippen LogP contribution < -0.4 is 10.6 Å². The first-order valence-corrected chi connectivity index (χ1v) is 4.43. The van der Waals surface area contributed by atoms with Gasteiger partial charge in [-0.3, -0.25) is 4.79 Å². The Kier molecular flexibility index (Phi) is 4.04. The summed E-state index contributed by atoms with van der Waals surface area (Å²) in [6, 6.07) is -0.148. The molecule has 1 atom stereocenters. The fourth-order valence-corrected chi connectivity index (χ4v) is 1.11. The minimum absolute atomic E-state index is 0.0524. The minimum atomic E-state index is -0.148. The normalized spacial score (nSPS) is 23.6. The van der Waals surface area contributed by atoms with Gasteiger partial charge < -0.3 is 15.4 Å². The number of rotatable bonds is 3. The van der Waals surface area contributed by atoms with Crippen molar-refractivity contribution in [3.05, 3.63) is 0 Å². The molecular formula is C8H16N2O2. The monoisotopic (exact) mass is 172 g/mol. The van der Waals surface area contributed by atoms with Gasteiger partial charge in [0, 0.05) is 13.1 Å². The highest BCUT2D eigenvalue weighted by Gasteiger charge is 2.19. The van der Waals surface area contributed by atoms with Gasteiger partial charge in [0.1, 0.15) is 6.04 Å². The summed E-state index contributed by atoms with van der Waals surface area (Å²) < 4.78 is 5.16. The minimum Gasteiger partial charge on any atom is -0.378 e. The van der Waals surface area contributed by atoms with Crippen LogP contribution in [-0.4, -0.2) is 38.3 Å². The van der Waals surface area contributed by atoms with E-state index in [0.29, 0.717) is 13.2 Å². The van der Waals surface area contributed by atoms with Gasteiger partial charge in [-0.25, -0.2) is 0 Å². The molecule has 0 radical (unpaired) electrons. The van der Waals surface area contributed by atoms with Crippen molar-refractivity contribution in [3.63, 3.8) is 0 Å². The van der Waals surface area contributed by atoms with Crippen molar-refractivity contribution in [1.82, 2.24) is 10.6 Å². The molecule has 0 aromatic heterocycles. The van der Waals surface area contributed by atoms with E-state index in [4.69, 9.17) is 4.74 Å². The molecule has 1 rings (SSSR count). The third-order valence-electron chi connectivity index (χ3n) is 1.79. The molecule has 0 saturated carbocycles. The topological polar surface area (TPSA) is 50.4 Å². The molecule has 4 nitrogen and oxygen atoms in total. The summed E-state index contributed by atoms with van der Waals surface area (Å²) in [7, 11) is 0. The van der Waals surface area contributed by atoms with E-state index in [9.17, 15) is 4.79 Å². The molecule has 1 fully saturated rings. The lowest BCUT2D eigenvalue weighted by Gasteiger charge is -2.22. The Hall–Kier alpha value is -0.610. The highest BCUT2D eigenvalue weighted by atomic mass is 16.5. The average Bonchev–Trinajstić information content (AvgIpc) is 2.15. The van der Waals surface area contributed by atoms with Crippen LogP contribution in [0, 0.1) is 0 Å². The Morgan fingerprint density at radius 3 is 3.17 bits per heavy atom. The van der Waals surface area contributed by atoms with E-state index in [1.54, 1.807) is 0 Å². The zero-order chi connectivity index (χ0) is 8.81. The molecule has 0 aliphatic carbocycles. The van der Waals surface area contributed by atoms with E-state index >= 15 is 0 Å². The Morgan fingerprint density at radius 1 is 1.75 bits per heavy atom. The Labute approximate surface area is 72.7 Å². The highest BCUT2D eigenvalue weighted by Crippen LogP contribution is 1.92. The highest BCUT2D eigenvalue weighted by molar-refractivity contribution is 5.81. The summed E-state index contributed by atoms with van der Waals surface area (Å²) in [6.07, 6.45) is 0.972. The second-order valence-electron chi connectivity index (χ2n) is 2.87. The van der Waals surface area contributed by atoms with Crippen LogP contribution >= 0.6 is 0 Å². The van der Waals surface area contributed by atoms with E-state index in [1.807, 2.05) is 6.92 Å². The predicted molar refractivity (Wildman–Crippen MR) is 45.9 cm³/mol. The first kappa shape index (κ1) is 9.48. The predicted octanol–water partition coefficient (Wildman–Crippen LogP) is -0.499. The molecule has 70 valence electrons. The summed E-state index contributed by atoms with van der Waals surface area (Å²) in [5.41, 5.74) is 0. The summed E-state index contributed by atoms with van der Waals surface area (Å²) in [5.74, 6) is 0.0524. The van der Waals surface area contributed by atoms with Crippen molar-refractivity contribution in [3.8, 4) is 0 Å². The first-order valence-electron chi connectivity index (χ1n) is 4.43. The van der Waals surface area contributed by atoms with E-state index in [0.717, 1.165) is 19.5 Å². The number of morpholine rings is 1. The van der Waals surface area contributed by atoms with Crippen LogP contribution in [0.1, 0.15) is 13.3 Å². The maximum absolute atomic E-state index is 11.3. The smallest absolute Gasteiger partial charge is 0.239 e. The van der Waals surface area contributed by atoms with Gasteiger partial charge >= 0.3 is 0 Å². The maximum atomic E-state index is 11.3. The van der Waals surface area contributed by atoms with Gasteiger partial charge in [0.2, 0.25) is 5.91 Å².